The molecule has 0 saturated heterocycles. The van der Waals surface area contributed by atoms with E-state index in [0.717, 1.165) is 36.4 Å². The number of nitrogens with one attached hydrogen (secondary N) is 1. The lowest BCUT2D eigenvalue weighted by atomic mass is 9.93. The summed E-state index contributed by atoms with van der Waals surface area (Å²) in [5.74, 6) is 1.74. The highest BCUT2D eigenvalue weighted by Gasteiger charge is 2.25. The number of imidazole rings is 1. The summed E-state index contributed by atoms with van der Waals surface area (Å²) >= 11 is 0. The molecule has 2 atom stereocenters. The van der Waals surface area contributed by atoms with E-state index in [2.05, 4.69) is 22.5 Å². The minimum Gasteiger partial charge on any atom is -0.497 e. The van der Waals surface area contributed by atoms with Crippen molar-refractivity contribution in [2.24, 2.45) is 13.0 Å². The van der Waals surface area contributed by atoms with Crippen LogP contribution in [0.3, 0.4) is 0 Å². The molecule has 1 aliphatic carbocycles. The van der Waals surface area contributed by atoms with E-state index < -0.39 is 0 Å². The second-order valence-corrected chi connectivity index (χ2v) is 6.09. The van der Waals surface area contributed by atoms with Gasteiger partial charge in [-0.25, -0.2) is 4.98 Å². The number of methoxy groups -OCH3 is 1. The first-order valence-corrected chi connectivity index (χ1v) is 8.25. The standard InChI is InChI=1S/C19H23N3O2/c1-22-13-12-20-18(22)17(14-8-10-16(24-2)11-9-14)21-19(23)15-6-4-3-5-7-15/h3-4,8-13,15,17H,5-7H2,1-2H3,(H,21,23). The summed E-state index contributed by atoms with van der Waals surface area (Å²) < 4.78 is 7.16. The molecule has 2 aromatic rings. The summed E-state index contributed by atoms with van der Waals surface area (Å²) in [5.41, 5.74) is 0.991. The van der Waals surface area contributed by atoms with E-state index in [0.29, 0.717) is 0 Å². The van der Waals surface area contributed by atoms with Crippen molar-refractivity contribution in [3.63, 3.8) is 0 Å². The van der Waals surface area contributed by atoms with Crippen LogP contribution in [0.5, 0.6) is 5.75 Å². The number of nitrogens with zero attached hydrogens (tertiary/aromatic N) is 2. The molecule has 0 fully saturated rings. The number of amides is 1. The van der Waals surface area contributed by atoms with E-state index in [1.807, 2.05) is 42.1 Å². The maximum Gasteiger partial charge on any atom is 0.224 e. The van der Waals surface area contributed by atoms with Crippen molar-refractivity contribution in [2.45, 2.75) is 25.3 Å². The second-order valence-electron chi connectivity index (χ2n) is 6.09. The monoisotopic (exact) mass is 325 g/mol. The highest BCUT2D eigenvalue weighted by Crippen LogP contribution is 2.25. The fraction of sp³-hybridized carbons (Fsp3) is 0.368. The molecule has 5 heteroatoms. The molecule has 24 heavy (non-hydrogen) atoms. The largest absolute Gasteiger partial charge is 0.497 e. The lowest BCUT2D eigenvalue weighted by Gasteiger charge is -2.23. The van der Waals surface area contributed by atoms with Gasteiger partial charge in [0, 0.05) is 25.4 Å². The van der Waals surface area contributed by atoms with Gasteiger partial charge in [-0.1, -0.05) is 24.3 Å². The smallest absolute Gasteiger partial charge is 0.224 e. The fourth-order valence-corrected chi connectivity index (χ4v) is 3.04. The Bertz CT molecular complexity index is 718. The first kappa shape index (κ1) is 16.3. The molecule has 1 aromatic heterocycles. The topological polar surface area (TPSA) is 56.1 Å². The molecule has 1 heterocycles. The molecule has 2 unspecified atom stereocenters. The molecule has 126 valence electrons. The molecular weight excluding hydrogens is 302 g/mol. The third-order valence-electron chi connectivity index (χ3n) is 4.49. The van der Waals surface area contributed by atoms with Crippen molar-refractivity contribution in [1.82, 2.24) is 14.9 Å². The van der Waals surface area contributed by atoms with Crippen LogP contribution < -0.4 is 10.1 Å². The molecule has 1 N–H and O–H groups in total. The number of carbonyl (C=O) groups excluding carboxylic acids is 1. The molecule has 0 spiro atoms. The average Bonchev–Trinajstić information content (AvgIpc) is 3.06. The number of rotatable bonds is 5. The summed E-state index contributed by atoms with van der Waals surface area (Å²) in [6.07, 6.45) is 10.6. The molecule has 1 amide bonds. The Hall–Kier alpha value is -2.56. The number of aromatic nitrogens is 2. The van der Waals surface area contributed by atoms with Crippen LogP contribution in [0.4, 0.5) is 0 Å². The third kappa shape index (κ3) is 3.50. The highest BCUT2D eigenvalue weighted by molar-refractivity contribution is 5.79. The number of carbonyl (C=O) groups is 1. The molecule has 0 saturated carbocycles. The number of aryl methyl sites for hydroxylation is 1. The Morgan fingerprint density at radius 3 is 2.71 bits per heavy atom. The molecule has 0 aliphatic heterocycles. The maximum absolute atomic E-state index is 12.7. The minimum atomic E-state index is -0.269. The normalized spacial score (nSPS) is 18.2. The third-order valence-corrected chi connectivity index (χ3v) is 4.49. The van der Waals surface area contributed by atoms with Crippen LogP contribution in [-0.4, -0.2) is 22.6 Å². The molecule has 3 rings (SSSR count). The van der Waals surface area contributed by atoms with Crippen molar-refractivity contribution in [3.8, 4) is 5.75 Å². The van der Waals surface area contributed by atoms with Gasteiger partial charge in [-0.3, -0.25) is 4.79 Å². The van der Waals surface area contributed by atoms with Crippen LogP contribution in [-0.2, 0) is 11.8 Å². The van der Waals surface area contributed by atoms with E-state index in [9.17, 15) is 4.79 Å². The molecule has 0 bridgehead atoms. The summed E-state index contributed by atoms with van der Waals surface area (Å²) in [7, 11) is 3.58. The first-order chi connectivity index (χ1) is 11.7. The molecule has 5 nitrogen and oxygen atoms in total. The van der Waals surface area contributed by atoms with Gasteiger partial charge >= 0.3 is 0 Å². The van der Waals surface area contributed by atoms with Crippen molar-refractivity contribution < 1.29 is 9.53 Å². The number of hydrogen-bond acceptors (Lipinski definition) is 3. The Morgan fingerprint density at radius 2 is 2.12 bits per heavy atom. The Balaban J connectivity index is 1.86. The van der Waals surface area contributed by atoms with Gasteiger partial charge in [-0.05, 0) is 37.0 Å². The van der Waals surface area contributed by atoms with Crippen LogP contribution >= 0.6 is 0 Å². The molecule has 1 aliphatic rings. The van der Waals surface area contributed by atoms with Crippen LogP contribution in [0.25, 0.3) is 0 Å². The predicted molar refractivity (Wildman–Crippen MR) is 92.7 cm³/mol. The Labute approximate surface area is 142 Å². The van der Waals surface area contributed by atoms with Gasteiger partial charge in [-0.2, -0.15) is 0 Å². The zero-order chi connectivity index (χ0) is 16.9. The number of ether oxygens (including phenoxy) is 1. The Morgan fingerprint density at radius 1 is 1.33 bits per heavy atom. The van der Waals surface area contributed by atoms with Crippen LogP contribution in [0.2, 0.25) is 0 Å². The van der Waals surface area contributed by atoms with Gasteiger partial charge in [0.2, 0.25) is 5.91 Å². The average molecular weight is 325 g/mol. The van der Waals surface area contributed by atoms with Gasteiger partial charge in [0.25, 0.3) is 0 Å². The van der Waals surface area contributed by atoms with Crippen molar-refractivity contribution in [1.29, 1.82) is 0 Å². The van der Waals surface area contributed by atoms with Crippen LogP contribution in [0.1, 0.15) is 36.7 Å². The number of hydrogen-bond donors (Lipinski definition) is 1. The lowest BCUT2D eigenvalue weighted by molar-refractivity contribution is -0.125. The van der Waals surface area contributed by atoms with E-state index >= 15 is 0 Å². The fourth-order valence-electron chi connectivity index (χ4n) is 3.04. The van der Waals surface area contributed by atoms with E-state index in [1.165, 1.54) is 0 Å². The number of allylic oxidation sites excluding steroid dienone is 2. The summed E-state index contributed by atoms with van der Waals surface area (Å²) in [4.78, 5) is 17.1. The van der Waals surface area contributed by atoms with Gasteiger partial charge in [0.05, 0.1) is 7.11 Å². The van der Waals surface area contributed by atoms with Crippen molar-refractivity contribution in [2.75, 3.05) is 7.11 Å². The van der Waals surface area contributed by atoms with Gasteiger partial charge in [0.15, 0.2) is 0 Å². The SMILES string of the molecule is COc1ccc(C(NC(=O)C2CC=CCC2)c2nccn2C)cc1. The van der Waals surface area contributed by atoms with Crippen LogP contribution in [0, 0.1) is 5.92 Å². The van der Waals surface area contributed by atoms with Gasteiger partial charge < -0.3 is 14.6 Å². The van der Waals surface area contributed by atoms with Crippen LogP contribution in [0.15, 0.2) is 48.8 Å². The van der Waals surface area contributed by atoms with E-state index in [4.69, 9.17) is 4.74 Å². The van der Waals surface area contributed by atoms with Crippen molar-refractivity contribution >= 4 is 5.91 Å². The zero-order valence-corrected chi connectivity index (χ0v) is 14.1. The highest BCUT2D eigenvalue weighted by atomic mass is 16.5. The number of benzene rings is 1. The maximum atomic E-state index is 12.7. The minimum absolute atomic E-state index is 0.0380. The van der Waals surface area contributed by atoms with Gasteiger partial charge in [-0.15, -0.1) is 0 Å². The second kappa shape index (κ2) is 7.34. The quantitative estimate of drug-likeness (QED) is 0.860. The summed E-state index contributed by atoms with van der Waals surface area (Å²) in [5, 5.41) is 3.19. The lowest BCUT2D eigenvalue weighted by Crippen LogP contribution is -2.36. The van der Waals surface area contributed by atoms with Crippen molar-refractivity contribution in [3.05, 3.63) is 60.2 Å². The van der Waals surface area contributed by atoms with Gasteiger partial charge in [0.1, 0.15) is 17.6 Å². The molecule has 0 radical (unpaired) electrons. The zero-order valence-electron chi connectivity index (χ0n) is 14.1. The Kier molecular flexibility index (Phi) is 4.99. The summed E-state index contributed by atoms with van der Waals surface area (Å²) in [6.45, 7) is 0. The van der Waals surface area contributed by atoms with E-state index in [1.54, 1.807) is 13.3 Å². The van der Waals surface area contributed by atoms with E-state index in [-0.39, 0.29) is 17.9 Å². The molecule has 1 aromatic carbocycles. The first-order valence-electron chi connectivity index (χ1n) is 8.25. The molecular formula is C19H23N3O2. The summed E-state index contributed by atoms with van der Waals surface area (Å²) in [6, 6.07) is 7.48. The predicted octanol–water partition coefficient (Wildman–Crippen LogP) is 2.99.